The molecule has 1 rings (SSSR count). The number of amides is 1. The molecule has 148 valence electrons. The van der Waals surface area contributed by atoms with Crippen molar-refractivity contribution in [2.75, 3.05) is 39.2 Å². The number of carbonyl (C=O) groups is 1. The summed E-state index contributed by atoms with van der Waals surface area (Å²) < 4.78 is 11.6. The van der Waals surface area contributed by atoms with Gasteiger partial charge >= 0.3 is 0 Å². The standard InChI is InChI=1S/C21H36N2O3/c1-7-14-26-21(4,16-17(2)3)20(24)22-18-9-11-19(12-10-18)25-15-8-13-23(5)6/h9-12,17H,7-8,13-16H2,1-6H3,(H,22,24)/t21-/m1/s1. The SMILES string of the molecule is CCCO[C@](C)(CC(C)C)C(=O)Nc1ccc(OCCCN(C)C)cc1. The first-order chi connectivity index (χ1) is 12.3. The molecule has 5 heteroatoms. The van der Waals surface area contributed by atoms with Gasteiger partial charge in [-0.05, 0) is 70.5 Å². The normalized spacial score (nSPS) is 13.7. The van der Waals surface area contributed by atoms with Crippen LogP contribution < -0.4 is 10.1 Å². The van der Waals surface area contributed by atoms with E-state index in [-0.39, 0.29) is 5.91 Å². The van der Waals surface area contributed by atoms with Gasteiger partial charge in [-0.3, -0.25) is 4.79 Å². The Bertz CT molecular complexity index is 529. The van der Waals surface area contributed by atoms with Crippen molar-refractivity contribution < 1.29 is 14.3 Å². The van der Waals surface area contributed by atoms with Crippen molar-refractivity contribution in [1.82, 2.24) is 4.90 Å². The molecule has 0 radical (unpaired) electrons. The molecule has 1 aromatic carbocycles. The van der Waals surface area contributed by atoms with E-state index in [1.165, 1.54) is 0 Å². The van der Waals surface area contributed by atoms with Crippen LogP contribution in [0.2, 0.25) is 0 Å². The largest absolute Gasteiger partial charge is 0.494 e. The molecule has 1 N–H and O–H groups in total. The third kappa shape index (κ3) is 8.19. The lowest BCUT2D eigenvalue weighted by molar-refractivity contribution is -0.141. The van der Waals surface area contributed by atoms with E-state index in [9.17, 15) is 4.79 Å². The Labute approximate surface area is 159 Å². The summed E-state index contributed by atoms with van der Waals surface area (Å²) in [4.78, 5) is 14.9. The minimum absolute atomic E-state index is 0.0979. The second-order valence-corrected chi connectivity index (χ2v) is 7.66. The maximum absolute atomic E-state index is 12.8. The third-order valence-corrected chi connectivity index (χ3v) is 4.03. The average Bonchev–Trinajstić information content (AvgIpc) is 2.57. The summed E-state index contributed by atoms with van der Waals surface area (Å²) in [5.74, 6) is 1.09. The maximum Gasteiger partial charge on any atom is 0.256 e. The van der Waals surface area contributed by atoms with Gasteiger partial charge in [-0.2, -0.15) is 0 Å². The van der Waals surface area contributed by atoms with Gasteiger partial charge in [0.15, 0.2) is 0 Å². The molecule has 5 nitrogen and oxygen atoms in total. The molecule has 0 fully saturated rings. The van der Waals surface area contributed by atoms with Crippen molar-refractivity contribution in [3.63, 3.8) is 0 Å². The molecule has 0 saturated heterocycles. The zero-order valence-corrected chi connectivity index (χ0v) is 17.3. The Morgan fingerprint density at radius 1 is 1.19 bits per heavy atom. The summed E-state index contributed by atoms with van der Waals surface area (Å²) in [5.41, 5.74) is -0.0587. The number of hydrogen-bond acceptors (Lipinski definition) is 4. The molecule has 26 heavy (non-hydrogen) atoms. The lowest BCUT2D eigenvalue weighted by Crippen LogP contribution is -2.44. The van der Waals surface area contributed by atoms with Gasteiger partial charge in [-0.1, -0.05) is 20.8 Å². The van der Waals surface area contributed by atoms with E-state index >= 15 is 0 Å². The highest BCUT2D eigenvalue weighted by Crippen LogP contribution is 2.24. The van der Waals surface area contributed by atoms with Crippen LogP contribution in [-0.2, 0) is 9.53 Å². The Balaban J connectivity index is 2.61. The van der Waals surface area contributed by atoms with Gasteiger partial charge in [-0.15, -0.1) is 0 Å². The van der Waals surface area contributed by atoms with E-state index in [4.69, 9.17) is 9.47 Å². The topological polar surface area (TPSA) is 50.8 Å². The molecule has 1 aromatic rings. The van der Waals surface area contributed by atoms with E-state index in [0.29, 0.717) is 25.6 Å². The van der Waals surface area contributed by atoms with E-state index < -0.39 is 5.60 Å². The first-order valence-corrected chi connectivity index (χ1v) is 9.60. The molecule has 0 aromatic heterocycles. The molecule has 0 aliphatic carbocycles. The van der Waals surface area contributed by atoms with Crippen molar-refractivity contribution in [3.8, 4) is 5.75 Å². The van der Waals surface area contributed by atoms with Crippen molar-refractivity contribution in [2.45, 2.75) is 52.6 Å². The highest BCUT2D eigenvalue weighted by atomic mass is 16.5. The zero-order chi connectivity index (χ0) is 19.6. The second-order valence-electron chi connectivity index (χ2n) is 7.66. The summed E-state index contributed by atoms with van der Waals surface area (Å²) in [7, 11) is 4.10. The first kappa shape index (κ1) is 22.5. The molecule has 1 atom stereocenters. The zero-order valence-electron chi connectivity index (χ0n) is 17.3. The predicted molar refractivity (Wildman–Crippen MR) is 108 cm³/mol. The van der Waals surface area contributed by atoms with Gasteiger partial charge in [0.2, 0.25) is 0 Å². The predicted octanol–water partition coefficient (Wildman–Crippen LogP) is 4.19. The molecule has 0 bridgehead atoms. The molecule has 0 saturated carbocycles. The summed E-state index contributed by atoms with van der Waals surface area (Å²) in [6.07, 6.45) is 2.56. The number of benzene rings is 1. The Morgan fingerprint density at radius 3 is 2.38 bits per heavy atom. The fourth-order valence-corrected chi connectivity index (χ4v) is 2.79. The number of nitrogens with one attached hydrogen (secondary N) is 1. The van der Waals surface area contributed by atoms with Gasteiger partial charge in [0, 0.05) is 18.8 Å². The van der Waals surface area contributed by atoms with Crippen molar-refractivity contribution in [1.29, 1.82) is 0 Å². The summed E-state index contributed by atoms with van der Waals surface area (Å²) in [6, 6.07) is 7.51. The minimum atomic E-state index is -0.814. The Kier molecular flexibility index (Phi) is 9.66. The quantitative estimate of drug-likeness (QED) is 0.565. The number of anilines is 1. The maximum atomic E-state index is 12.8. The number of rotatable bonds is 12. The lowest BCUT2D eigenvalue weighted by atomic mass is 9.93. The number of ether oxygens (including phenoxy) is 2. The van der Waals surface area contributed by atoms with Crippen LogP contribution in [0.1, 0.15) is 47.0 Å². The smallest absolute Gasteiger partial charge is 0.256 e. The van der Waals surface area contributed by atoms with Crippen LogP contribution in [0, 0.1) is 5.92 Å². The van der Waals surface area contributed by atoms with Gasteiger partial charge < -0.3 is 19.7 Å². The Morgan fingerprint density at radius 2 is 1.85 bits per heavy atom. The van der Waals surface area contributed by atoms with Crippen molar-refractivity contribution in [3.05, 3.63) is 24.3 Å². The molecule has 1 amide bonds. The van der Waals surface area contributed by atoms with Gasteiger partial charge in [0.25, 0.3) is 5.91 Å². The average molecular weight is 365 g/mol. The molecular formula is C21H36N2O3. The molecule has 0 aliphatic heterocycles. The number of carbonyl (C=O) groups excluding carboxylic acids is 1. The van der Waals surface area contributed by atoms with Crippen LogP contribution in [0.25, 0.3) is 0 Å². The molecule has 0 aliphatic rings. The van der Waals surface area contributed by atoms with E-state index in [1.54, 1.807) is 0 Å². The molecule has 0 spiro atoms. The van der Waals surface area contributed by atoms with Gasteiger partial charge in [-0.25, -0.2) is 0 Å². The number of hydrogen-bond donors (Lipinski definition) is 1. The summed E-state index contributed by atoms with van der Waals surface area (Å²) in [5, 5.41) is 2.98. The van der Waals surface area contributed by atoms with Gasteiger partial charge in [0.05, 0.1) is 6.61 Å². The summed E-state index contributed by atoms with van der Waals surface area (Å²) in [6.45, 7) is 10.4. The van der Waals surface area contributed by atoms with Crippen molar-refractivity contribution >= 4 is 11.6 Å². The van der Waals surface area contributed by atoms with Gasteiger partial charge in [0.1, 0.15) is 11.4 Å². The van der Waals surface area contributed by atoms with Crippen LogP contribution in [0.4, 0.5) is 5.69 Å². The molecular weight excluding hydrogens is 328 g/mol. The van der Waals surface area contributed by atoms with E-state index in [2.05, 4.69) is 38.2 Å². The highest BCUT2D eigenvalue weighted by molar-refractivity contribution is 5.97. The molecule has 0 unspecified atom stereocenters. The summed E-state index contributed by atoms with van der Waals surface area (Å²) >= 11 is 0. The van der Waals surface area contributed by atoms with E-state index in [1.807, 2.05) is 38.1 Å². The fourth-order valence-electron chi connectivity index (χ4n) is 2.79. The Hall–Kier alpha value is -1.59. The van der Waals surface area contributed by atoms with E-state index in [0.717, 1.165) is 30.8 Å². The molecule has 0 heterocycles. The highest BCUT2D eigenvalue weighted by Gasteiger charge is 2.34. The van der Waals surface area contributed by atoms with Crippen LogP contribution in [-0.4, -0.2) is 50.3 Å². The van der Waals surface area contributed by atoms with Crippen molar-refractivity contribution in [2.24, 2.45) is 5.92 Å². The van der Waals surface area contributed by atoms with Crippen LogP contribution >= 0.6 is 0 Å². The van der Waals surface area contributed by atoms with Crippen LogP contribution in [0.3, 0.4) is 0 Å². The second kappa shape index (κ2) is 11.2. The fraction of sp³-hybridized carbons (Fsp3) is 0.667. The van der Waals surface area contributed by atoms with Crippen LogP contribution in [0.15, 0.2) is 24.3 Å². The minimum Gasteiger partial charge on any atom is -0.494 e. The van der Waals surface area contributed by atoms with Crippen LogP contribution in [0.5, 0.6) is 5.75 Å². The first-order valence-electron chi connectivity index (χ1n) is 9.60. The monoisotopic (exact) mass is 364 g/mol. The number of nitrogens with zero attached hydrogens (tertiary/aromatic N) is 1. The third-order valence-electron chi connectivity index (χ3n) is 4.03. The lowest BCUT2D eigenvalue weighted by Gasteiger charge is -2.30.